The largest absolute Gasteiger partial charge is 0.483 e. The zero-order chi connectivity index (χ0) is 23.0. The number of aromatic nitrogens is 2. The summed E-state index contributed by atoms with van der Waals surface area (Å²) in [6.45, 7) is 4.57. The van der Waals surface area contributed by atoms with Crippen molar-refractivity contribution in [1.82, 2.24) is 14.9 Å². The fraction of sp³-hybridized carbons (Fsp3) is 0.480. The van der Waals surface area contributed by atoms with Gasteiger partial charge in [-0.25, -0.2) is 4.98 Å². The highest BCUT2D eigenvalue weighted by atomic mass is 32.2. The van der Waals surface area contributed by atoms with Crippen LogP contribution in [-0.4, -0.2) is 40.0 Å². The molecule has 1 atom stereocenters. The molecule has 1 amide bonds. The van der Waals surface area contributed by atoms with Crippen LogP contribution < -0.4 is 20.3 Å². The molecule has 0 radical (unpaired) electrons. The van der Waals surface area contributed by atoms with E-state index in [2.05, 4.69) is 42.1 Å². The van der Waals surface area contributed by atoms with Gasteiger partial charge in [-0.3, -0.25) is 14.2 Å². The Morgan fingerprint density at radius 1 is 1.36 bits per heavy atom. The van der Waals surface area contributed by atoms with Crippen LogP contribution >= 0.6 is 11.8 Å². The summed E-state index contributed by atoms with van der Waals surface area (Å²) in [7, 11) is 0. The minimum absolute atomic E-state index is 0.0343. The Bertz CT molecular complexity index is 1220. The normalized spacial score (nSPS) is 19.0. The first-order chi connectivity index (χ1) is 15.9. The summed E-state index contributed by atoms with van der Waals surface area (Å²) < 4.78 is 13.5. The maximum atomic E-state index is 12.8. The molecule has 1 unspecified atom stereocenters. The second-order valence-electron chi connectivity index (χ2n) is 9.22. The molecule has 0 saturated carbocycles. The Labute approximate surface area is 197 Å². The number of para-hydroxylation sites is 1. The maximum absolute atomic E-state index is 12.8. The lowest BCUT2D eigenvalue weighted by atomic mass is 10.0. The third-order valence-electron chi connectivity index (χ3n) is 6.15. The van der Waals surface area contributed by atoms with Crippen LogP contribution in [0, 0.1) is 11.8 Å². The highest BCUT2D eigenvalue weighted by molar-refractivity contribution is 7.99. The molecule has 3 heterocycles. The van der Waals surface area contributed by atoms with E-state index in [1.807, 2.05) is 12.1 Å². The summed E-state index contributed by atoms with van der Waals surface area (Å²) in [6, 6.07) is 5.74. The van der Waals surface area contributed by atoms with Gasteiger partial charge in [0.15, 0.2) is 16.7 Å². The Morgan fingerprint density at radius 3 is 3.12 bits per heavy atom. The van der Waals surface area contributed by atoms with Gasteiger partial charge in [0.2, 0.25) is 5.91 Å². The second kappa shape index (κ2) is 8.79. The van der Waals surface area contributed by atoms with Crippen LogP contribution in [0.3, 0.4) is 0 Å². The Hall–Kier alpha value is -2.92. The third-order valence-corrected chi connectivity index (χ3v) is 7.24. The molecule has 33 heavy (non-hydrogen) atoms. The number of hydrogen-bond donors (Lipinski definition) is 1. The van der Waals surface area contributed by atoms with Crippen LogP contribution in [0.2, 0.25) is 0 Å². The van der Waals surface area contributed by atoms with Gasteiger partial charge in [0.25, 0.3) is 5.56 Å². The molecule has 1 aromatic carbocycles. The summed E-state index contributed by atoms with van der Waals surface area (Å²) in [4.78, 5) is 29.9. The fourth-order valence-corrected chi connectivity index (χ4v) is 5.81. The molecule has 1 aliphatic carbocycles. The first-order valence-corrected chi connectivity index (χ1v) is 12.3. The minimum Gasteiger partial charge on any atom is -0.483 e. The molecule has 2 aromatic rings. The quantitative estimate of drug-likeness (QED) is 0.540. The number of amides is 1. The molecule has 7 nitrogen and oxygen atoms in total. The zero-order valence-corrected chi connectivity index (χ0v) is 19.7. The zero-order valence-electron chi connectivity index (χ0n) is 18.9. The monoisotopic (exact) mass is 465 g/mol. The van der Waals surface area contributed by atoms with E-state index >= 15 is 0 Å². The molecule has 1 N–H and O–H groups in total. The molecule has 0 bridgehead atoms. The highest BCUT2D eigenvalue weighted by Gasteiger charge is 2.32. The number of carbonyl (C=O) groups excluding carboxylic acids is 1. The number of nitrogens with one attached hydrogen (secondary N) is 1. The molecule has 8 heteroatoms. The SMILES string of the molecule is CC1(C)Cc2cccc(OCC#CCNC(=O)CC3CSc4nc5c(c(=O)n43)CCC5)c2O1. The lowest BCUT2D eigenvalue weighted by molar-refractivity contribution is -0.121. The minimum atomic E-state index is -0.225. The number of aryl methyl sites for hydroxylation is 1. The van der Waals surface area contributed by atoms with E-state index in [0.717, 1.165) is 53.4 Å². The molecule has 0 fully saturated rings. The Kier molecular flexibility index (Phi) is 5.83. The van der Waals surface area contributed by atoms with Crippen molar-refractivity contribution in [3.63, 3.8) is 0 Å². The van der Waals surface area contributed by atoms with Crippen LogP contribution in [-0.2, 0) is 24.1 Å². The number of ether oxygens (including phenoxy) is 2. The summed E-state index contributed by atoms with van der Waals surface area (Å²) in [5.41, 5.74) is 2.72. The fourth-order valence-electron chi connectivity index (χ4n) is 4.66. The number of carbonyl (C=O) groups is 1. The first-order valence-electron chi connectivity index (χ1n) is 11.3. The van der Waals surface area contributed by atoms with Crippen LogP contribution in [0.1, 0.15) is 49.6 Å². The van der Waals surface area contributed by atoms with Crippen molar-refractivity contribution in [1.29, 1.82) is 0 Å². The number of benzene rings is 1. The Morgan fingerprint density at radius 2 is 2.24 bits per heavy atom. The first kappa shape index (κ1) is 21.9. The van der Waals surface area contributed by atoms with Gasteiger partial charge in [0.1, 0.15) is 12.2 Å². The van der Waals surface area contributed by atoms with E-state index in [4.69, 9.17) is 9.47 Å². The van der Waals surface area contributed by atoms with E-state index in [9.17, 15) is 9.59 Å². The van der Waals surface area contributed by atoms with Crippen LogP contribution in [0.5, 0.6) is 11.5 Å². The van der Waals surface area contributed by atoms with E-state index < -0.39 is 0 Å². The van der Waals surface area contributed by atoms with Crippen molar-refractivity contribution in [3.05, 3.63) is 45.4 Å². The van der Waals surface area contributed by atoms with Crippen LogP contribution in [0.25, 0.3) is 0 Å². The van der Waals surface area contributed by atoms with Crippen molar-refractivity contribution in [2.45, 2.75) is 62.8 Å². The van der Waals surface area contributed by atoms with Gasteiger partial charge in [-0.1, -0.05) is 35.7 Å². The smallest absolute Gasteiger partial charge is 0.257 e. The molecular formula is C25H27N3O4S. The van der Waals surface area contributed by atoms with Crippen molar-refractivity contribution in [2.75, 3.05) is 18.9 Å². The highest BCUT2D eigenvalue weighted by Crippen LogP contribution is 2.41. The summed E-state index contributed by atoms with van der Waals surface area (Å²) in [5, 5.41) is 3.57. The van der Waals surface area contributed by atoms with Crippen molar-refractivity contribution in [2.24, 2.45) is 0 Å². The molecule has 172 valence electrons. The standard InChI is InChI=1S/C25H27N3O4S/c1-25(2)14-16-7-5-10-20(22(16)32-25)31-12-4-3-11-26-21(29)13-17-15-33-24-27-19-9-6-8-18(19)23(30)28(17)24/h5,7,10,17H,6,8-9,11-15H2,1-2H3,(H,26,29). The molecule has 0 spiro atoms. The number of thioether (sulfide) groups is 1. The number of hydrogen-bond acceptors (Lipinski definition) is 6. The molecule has 5 rings (SSSR count). The van der Waals surface area contributed by atoms with Gasteiger partial charge in [-0.15, -0.1) is 0 Å². The van der Waals surface area contributed by atoms with Gasteiger partial charge >= 0.3 is 0 Å². The van der Waals surface area contributed by atoms with E-state index in [0.29, 0.717) is 11.5 Å². The van der Waals surface area contributed by atoms with Gasteiger partial charge in [-0.2, -0.15) is 0 Å². The molecule has 3 aliphatic rings. The summed E-state index contributed by atoms with van der Waals surface area (Å²) in [6.07, 6.45) is 3.76. The average Bonchev–Trinajstić information content (AvgIpc) is 3.47. The molecule has 1 aromatic heterocycles. The molecular weight excluding hydrogens is 438 g/mol. The van der Waals surface area contributed by atoms with Gasteiger partial charge in [0.05, 0.1) is 18.3 Å². The van der Waals surface area contributed by atoms with E-state index in [1.54, 1.807) is 16.3 Å². The van der Waals surface area contributed by atoms with Gasteiger partial charge in [-0.05, 0) is 39.2 Å². The summed E-state index contributed by atoms with van der Waals surface area (Å²) in [5.74, 6) is 7.92. The predicted molar refractivity (Wildman–Crippen MR) is 126 cm³/mol. The summed E-state index contributed by atoms with van der Waals surface area (Å²) >= 11 is 1.56. The average molecular weight is 466 g/mol. The predicted octanol–water partition coefficient (Wildman–Crippen LogP) is 2.68. The lowest BCUT2D eigenvalue weighted by Gasteiger charge is -2.17. The number of rotatable bonds is 5. The van der Waals surface area contributed by atoms with E-state index in [1.165, 1.54) is 0 Å². The lowest BCUT2D eigenvalue weighted by Crippen LogP contribution is -2.32. The van der Waals surface area contributed by atoms with Gasteiger partial charge < -0.3 is 14.8 Å². The number of fused-ring (bicyclic) bond motifs is 3. The van der Waals surface area contributed by atoms with Crippen molar-refractivity contribution in [3.8, 4) is 23.3 Å². The topological polar surface area (TPSA) is 82.5 Å². The van der Waals surface area contributed by atoms with Crippen molar-refractivity contribution < 1.29 is 14.3 Å². The Balaban J connectivity index is 1.11. The molecule has 2 aliphatic heterocycles. The second-order valence-corrected chi connectivity index (χ2v) is 10.2. The van der Waals surface area contributed by atoms with E-state index in [-0.39, 0.29) is 42.7 Å². The van der Waals surface area contributed by atoms with Crippen molar-refractivity contribution >= 4 is 17.7 Å². The third kappa shape index (κ3) is 4.47. The van der Waals surface area contributed by atoms with Gasteiger partial charge in [0, 0.05) is 29.7 Å². The maximum Gasteiger partial charge on any atom is 0.257 e. The van der Waals surface area contributed by atoms with Crippen LogP contribution in [0.4, 0.5) is 0 Å². The molecule has 0 saturated heterocycles. The number of nitrogens with zero attached hydrogens (tertiary/aromatic N) is 2. The van der Waals surface area contributed by atoms with Crippen LogP contribution in [0.15, 0.2) is 28.2 Å².